The van der Waals surface area contributed by atoms with E-state index in [0.29, 0.717) is 5.56 Å². The Morgan fingerprint density at radius 3 is 2.53 bits per heavy atom. The SMILES string of the molecule is CC(C)[C@@H](NC(=O)Cc1ccc(F)cc1Cl)C(=O)O. The second kappa shape index (κ2) is 6.52. The van der Waals surface area contributed by atoms with Gasteiger partial charge in [-0.15, -0.1) is 0 Å². The van der Waals surface area contributed by atoms with E-state index in [-0.39, 0.29) is 17.4 Å². The summed E-state index contributed by atoms with van der Waals surface area (Å²) in [5.74, 6) is -2.27. The summed E-state index contributed by atoms with van der Waals surface area (Å²) >= 11 is 5.80. The smallest absolute Gasteiger partial charge is 0.326 e. The minimum absolute atomic E-state index is 0.0877. The van der Waals surface area contributed by atoms with Crippen molar-refractivity contribution in [3.05, 3.63) is 34.6 Å². The number of carboxylic acids is 1. The lowest BCUT2D eigenvalue weighted by molar-refractivity contribution is -0.143. The van der Waals surface area contributed by atoms with Gasteiger partial charge >= 0.3 is 5.97 Å². The predicted molar refractivity (Wildman–Crippen MR) is 69.5 cm³/mol. The number of carbonyl (C=O) groups excluding carboxylic acids is 1. The number of carboxylic acid groups (broad SMARTS) is 1. The first kappa shape index (κ1) is 15.4. The summed E-state index contributed by atoms with van der Waals surface area (Å²) in [6.45, 7) is 3.40. The Morgan fingerprint density at radius 2 is 2.05 bits per heavy atom. The van der Waals surface area contributed by atoms with Crippen molar-refractivity contribution < 1.29 is 19.1 Å². The van der Waals surface area contributed by atoms with E-state index in [1.807, 2.05) is 0 Å². The molecular formula is C13H15ClFNO3. The summed E-state index contributed by atoms with van der Waals surface area (Å²) in [5.41, 5.74) is 0.452. The van der Waals surface area contributed by atoms with Crippen molar-refractivity contribution in [3.63, 3.8) is 0 Å². The fourth-order valence-electron chi connectivity index (χ4n) is 1.58. The first-order valence-electron chi connectivity index (χ1n) is 5.77. The highest BCUT2D eigenvalue weighted by molar-refractivity contribution is 6.31. The van der Waals surface area contributed by atoms with Crippen LogP contribution in [0.2, 0.25) is 5.02 Å². The summed E-state index contributed by atoms with van der Waals surface area (Å²) in [6, 6.07) is 2.77. The molecule has 0 spiro atoms. The van der Waals surface area contributed by atoms with Crippen LogP contribution in [0.1, 0.15) is 19.4 Å². The Kier molecular flexibility index (Phi) is 5.30. The average molecular weight is 288 g/mol. The van der Waals surface area contributed by atoms with Crippen LogP contribution < -0.4 is 5.32 Å². The van der Waals surface area contributed by atoms with E-state index in [0.717, 1.165) is 6.07 Å². The van der Waals surface area contributed by atoms with Crippen molar-refractivity contribution >= 4 is 23.5 Å². The van der Waals surface area contributed by atoms with E-state index in [2.05, 4.69) is 5.32 Å². The lowest BCUT2D eigenvalue weighted by Gasteiger charge is -2.18. The third-order valence-electron chi connectivity index (χ3n) is 2.62. The Morgan fingerprint density at radius 1 is 1.42 bits per heavy atom. The van der Waals surface area contributed by atoms with Crippen LogP contribution in [-0.2, 0) is 16.0 Å². The quantitative estimate of drug-likeness (QED) is 0.873. The van der Waals surface area contributed by atoms with Crippen LogP contribution in [0.25, 0.3) is 0 Å². The van der Waals surface area contributed by atoms with Gasteiger partial charge in [-0.3, -0.25) is 4.79 Å². The number of amides is 1. The highest BCUT2D eigenvalue weighted by Gasteiger charge is 2.23. The topological polar surface area (TPSA) is 66.4 Å². The number of nitrogens with one attached hydrogen (secondary N) is 1. The molecule has 1 atom stereocenters. The molecule has 0 aliphatic heterocycles. The molecule has 19 heavy (non-hydrogen) atoms. The predicted octanol–water partition coefficient (Wildman–Crippen LogP) is 2.25. The maximum atomic E-state index is 12.8. The molecule has 0 aliphatic carbocycles. The van der Waals surface area contributed by atoms with Gasteiger partial charge < -0.3 is 10.4 Å². The molecule has 1 rings (SSSR count). The normalized spacial score (nSPS) is 12.3. The summed E-state index contributed by atoms with van der Waals surface area (Å²) in [5, 5.41) is 11.5. The molecule has 4 nitrogen and oxygen atoms in total. The number of hydrogen-bond acceptors (Lipinski definition) is 2. The third kappa shape index (κ3) is 4.52. The van der Waals surface area contributed by atoms with Crippen LogP contribution in [0.15, 0.2) is 18.2 Å². The number of benzene rings is 1. The summed E-state index contributed by atoms with van der Waals surface area (Å²) in [4.78, 5) is 22.7. The van der Waals surface area contributed by atoms with E-state index in [9.17, 15) is 14.0 Å². The van der Waals surface area contributed by atoms with Crippen molar-refractivity contribution in [3.8, 4) is 0 Å². The van der Waals surface area contributed by atoms with Crippen molar-refractivity contribution in [2.24, 2.45) is 5.92 Å². The van der Waals surface area contributed by atoms with Crippen molar-refractivity contribution in [2.75, 3.05) is 0 Å². The van der Waals surface area contributed by atoms with Gasteiger partial charge in [-0.2, -0.15) is 0 Å². The van der Waals surface area contributed by atoms with Crippen LogP contribution in [0.3, 0.4) is 0 Å². The molecule has 104 valence electrons. The monoisotopic (exact) mass is 287 g/mol. The van der Waals surface area contributed by atoms with E-state index in [1.54, 1.807) is 13.8 Å². The molecular weight excluding hydrogens is 273 g/mol. The molecule has 1 amide bonds. The number of hydrogen-bond donors (Lipinski definition) is 2. The van der Waals surface area contributed by atoms with Gasteiger partial charge in [-0.05, 0) is 23.6 Å². The summed E-state index contributed by atoms with van der Waals surface area (Å²) < 4.78 is 12.8. The molecule has 0 saturated heterocycles. The van der Waals surface area contributed by atoms with Gasteiger partial charge in [0.1, 0.15) is 11.9 Å². The molecule has 6 heteroatoms. The molecule has 1 aromatic carbocycles. The number of halogens is 2. The molecule has 0 bridgehead atoms. The van der Waals surface area contributed by atoms with Crippen LogP contribution >= 0.6 is 11.6 Å². The fourth-order valence-corrected chi connectivity index (χ4v) is 1.81. The molecule has 0 fully saturated rings. The van der Waals surface area contributed by atoms with Gasteiger partial charge in [0.15, 0.2) is 0 Å². The van der Waals surface area contributed by atoms with E-state index < -0.39 is 23.7 Å². The fraction of sp³-hybridized carbons (Fsp3) is 0.385. The van der Waals surface area contributed by atoms with Gasteiger partial charge in [-0.25, -0.2) is 9.18 Å². The van der Waals surface area contributed by atoms with Gasteiger partial charge in [0, 0.05) is 5.02 Å². The van der Waals surface area contributed by atoms with Gasteiger partial charge in [0.25, 0.3) is 0 Å². The van der Waals surface area contributed by atoms with Crippen LogP contribution in [0, 0.1) is 11.7 Å². The molecule has 0 radical (unpaired) electrons. The zero-order valence-electron chi connectivity index (χ0n) is 10.6. The standard InChI is InChI=1S/C13H15ClFNO3/c1-7(2)12(13(18)19)16-11(17)5-8-3-4-9(15)6-10(8)14/h3-4,6-7,12H,5H2,1-2H3,(H,16,17)(H,18,19)/t12-/m1/s1. The molecule has 0 heterocycles. The minimum atomic E-state index is -1.09. The Bertz CT molecular complexity index is 491. The maximum Gasteiger partial charge on any atom is 0.326 e. The van der Waals surface area contributed by atoms with E-state index in [1.165, 1.54) is 12.1 Å². The first-order valence-corrected chi connectivity index (χ1v) is 6.15. The van der Waals surface area contributed by atoms with Gasteiger partial charge in [0.05, 0.1) is 6.42 Å². The second-order valence-corrected chi connectivity index (χ2v) is 4.95. The van der Waals surface area contributed by atoms with Crippen molar-refractivity contribution in [1.29, 1.82) is 0 Å². The molecule has 2 N–H and O–H groups in total. The van der Waals surface area contributed by atoms with E-state index in [4.69, 9.17) is 16.7 Å². The number of aliphatic carboxylic acids is 1. The summed E-state index contributed by atoms with van der Waals surface area (Å²) in [6.07, 6.45) is -0.0877. The molecule has 1 aromatic rings. The maximum absolute atomic E-state index is 12.8. The van der Waals surface area contributed by atoms with E-state index >= 15 is 0 Å². The Labute approximate surface area is 115 Å². The Hall–Kier alpha value is -1.62. The van der Waals surface area contributed by atoms with Crippen LogP contribution in [0.5, 0.6) is 0 Å². The highest BCUT2D eigenvalue weighted by atomic mass is 35.5. The molecule has 0 aromatic heterocycles. The minimum Gasteiger partial charge on any atom is -0.480 e. The summed E-state index contributed by atoms with van der Waals surface area (Å²) in [7, 11) is 0. The van der Waals surface area contributed by atoms with Crippen molar-refractivity contribution in [2.45, 2.75) is 26.3 Å². The molecule has 0 saturated carbocycles. The average Bonchev–Trinajstić information content (AvgIpc) is 2.29. The van der Waals surface area contributed by atoms with Gasteiger partial charge in [-0.1, -0.05) is 31.5 Å². The second-order valence-electron chi connectivity index (χ2n) is 4.54. The Balaban J connectivity index is 2.72. The largest absolute Gasteiger partial charge is 0.480 e. The zero-order chi connectivity index (χ0) is 14.6. The van der Waals surface area contributed by atoms with Crippen molar-refractivity contribution in [1.82, 2.24) is 5.32 Å². The number of rotatable bonds is 5. The lowest BCUT2D eigenvalue weighted by Crippen LogP contribution is -2.44. The number of carbonyl (C=O) groups is 2. The molecule has 0 unspecified atom stereocenters. The lowest BCUT2D eigenvalue weighted by atomic mass is 10.0. The van der Waals surface area contributed by atoms with Crippen LogP contribution in [-0.4, -0.2) is 23.0 Å². The van der Waals surface area contributed by atoms with Gasteiger partial charge in [0.2, 0.25) is 5.91 Å². The highest BCUT2D eigenvalue weighted by Crippen LogP contribution is 2.17. The third-order valence-corrected chi connectivity index (χ3v) is 2.97. The molecule has 0 aliphatic rings. The first-order chi connectivity index (χ1) is 8.81. The van der Waals surface area contributed by atoms with Crippen LogP contribution in [0.4, 0.5) is 4.39 Å². The zero-order valence-corrected chi connectivity index (χ0v) is 11.4.